The van der Waals surface area contributed by atoms with E-state index in [2.05, 4.69) is 12.5 Å². The van der Waals surface area contributed by atoms with Gasteiger partial charge >= 0.3 is 0 Å². The van der Waals surface area contributed by atoms with E-state index in [0.29, 0.717) is 6.04 Å². The molecule has 0 aromatic heterocycles. The van der Waals surface area contributed by atoms with Crippen LogP contribution in [0.5, 0.6) is 0 Å². The van der Waals surface area contributed by atoms with Gasteiger partial charge in [-0.3, -0.25) is 0 Å². The topological polar surface area (TPSA) is 26.0 Å². The third-order valence-corrected chi connectivity index (χ3v) is 4.76. The zero-order valence-electron chi connectivity index (χ0n) is 6.39. The Balaban J connectivity index is 2.35. The van der Waals surface area contributed by atoms with Gasteiger partial charge in [0, 0.05) is 6.04 Å². The molecule has 0 aromatic carbocycles. The second-order valence-corrected chi connectivity index (χ2v) is 7.86. The molecule has 56 valence electrons. The average molecular weight is 147 g/mol. The molecule has 1 saturated heterocycles. The van der Waals surface area contributed by atoms with Crippen molar-refractivity contribution in [3.8, 4) is 0 Å². The zero-order chi connectivity index (χ0) is 6.91. The molecule has 2 N–H and O–H groups in total. The van der Waals surface area contributed by atoms with Crippen molar-refractivity contribution in [1.82, 2.24) is 0 Å². The van der Waals surface area contributed by atoms with Crippen LogP contribution in [0.4, 0.5) is 0 Å². The molecule has 0 unspecified atom stereocenters. The molecule has 1 rings (SSSR count). The maximum atomic E-state index is 5.77. The van der Waals surface area contributed by atoms with E-state index in [1.54, 1.807) is 0 Å². The summed E-state index contributed by atoms with van der Waals surface area (Å²) in [7, 11) is -0.196. The Morgan fingerprint density at radius 3 is 2.00 bits per heavy atom. The lowest BCUT2D eigenvalue weighted by Crippen LogP contribution is -2.30. The summed E-state index contributed by atoms with van der Waals surface area (Å²) in [5.74, 6) is 2.79. The third kappa shape index (κ3) is 2.18. The maximum absolute atomic E-state index is 5.77. The van der Waals surface area contributed by atoms with Gasteiger partial charge in [-0.25, -0.2) is 10.0 Å². The lowest BCUT2D eigenvalue weighted by molar-refractivity contribution is 0.620. The Morgan fingerprint density at radius 2 is 1.67 bits per heavy atom. The second-order valence-electron chi connectivity index (χ2n) is 3.51. The summed E-state index contributed by atoms with van der Waals surface area (Å²) in [4.78, 5) is 0. The van der Waals surface area contributed by atoms with Gasteiger partial charge in [0.05, 0.1) is 0 Å². The van der Waals surface area contributed by atoms with E-state index in [1.807, 2.05) is 0 Å². The third-order valence-electron chi connectivity index (χ3n) is 2.08. The van der Waals surface area contributed by atoms with Gasteiger partial charge in [0.25, 0.3) is 0 Å². The van der Waals surface area contributed by atoms with Crippen LogP contribution in [0.1, 0.15) is 12.8 Å². The van der Waals surface area contributed by atoms with Gasteiger partial charge in [-0.1, -0.05) is 0 Å². The molecule has 0 aromatic rings. The average Bonchev–Trinajstić information content (AvgIpc) is 1.78. The van der Waals surface area contributed by atoms with E-state index in [-0.39, 0.29) is 10.0 Å². The Labute approximate surface area is 59.3 Å². The lowest BCUT2D eigenvalue weighted by atomic mass is 10.2. The van der Waals surface area contributed by atoms with Crippen molar-refractivity contribution < 1.29 is 0 Å². The Kier molecular flexibility index (Phi) is 2.07. The van der Waals surface area contributed by atoms with E-state index in [9.17, 15) is 0 Å². The van der Waals surface area contributed by atoms with E-state index in [0.717, 1.165) is 0 Å². The number of nitrogens with two attached hydrogens (primary N) is 1. The molecule has 2 heteroatoms. The molecule has 0 bridgehead atoms. The monoisotopic (exact) mass is 147 g/mol. The van der Waals surface area contributed by atoms with Crippen molar-refractivity contribution in [2.24, 2.45) is 5.73 Å². The molecule has 1 aliphatic rings. The molecule has 1 fully saturated rings. The van der Waals surface area contributed by atoms with Crippen LogP contribution in [0.25, 0.3) is 0 Å². The van der Waals surface area contributed by atoms with Gasteiger partial charge in [0.1, 0.15) is 0 Å². The lowest BCUT2D eigenvalue weighted by Gasteiger charge is -2.37. The Morgan fingerprint density at radius 1 is 1.22 bits per heavy atom. The van der Waals surface area contributed by atoms with Crippen molar-refractivity contribution in [2.45, 2.75) is 18.9 Å². The molecule has 0 aliphatic carbocycles. The fraction of sp³-hybridized carbons (Fsp3) is 1.00. The van der Waals surface area contributed by atoms with Crippen molar-refractivity contribution in [2.75, 3.05) is 24.0 Å². The minimum absolute atomic E-state index is 0.196. The van der Waals surface area contributed by atoms with Crippen molar-refractivity contribution in [1.29, 1.82) is 0 Å². The highest BCUT2D eigenvalue weighted by molar-refractivity contribution is 8.32. The highest BCUT2D eigenvalue weighted by atomic mass is 32.3. The van der Waals surface area contributed by atoms with Crippen LogP contribution in [-0.4, -0.2) is 30.1 Å². The van der Waals surface area contributed by atoms with Crippen molar-refractivity contribution >= 4 is 10.0 Å². The predicted molar refractivity (Wildman–Crippen MR) is 46.4 cm³/mol. The fourth-order valence-corrected chi connectivity index (χ4v) is 3.27. The Hall–Kier alpha value is 0.310. The van der Waals surface area contributed by atoms with Gasteiger partial charge in [-0.2, -0.15) is 0 Å². The first-order chi connectivity index (χ1) is 4.10. The summed E-state index contributed by atoms with van der Waals surface area (Å²) in [5.41, 5.74) is 5.77. The van der Waals surface area contributed by atoms with Crippen LogP contribution in [0.2, 0.25) is 0 Å². The van der Waals surface area contributed by atoms with E-state index >= 15 is 0 Å². The number of rotatable bonds is 0. The first-order valence-corrected chi connectivity index (χ1v) is 6.33. The molecule has 0 spiro atoms. The summed E-state index contributed by atoms with van der Waals surface area (Å²) >= 11 is 0. The molecule has 0 amide bonds. The number of hydrogen-bond donors (Lipinski definition) is 1. The van der Waals surface area contributed by atoms with Gasteiger partial charge in [0.15, 0.2) is 0 Å². The van der Waals surface area contributed by atoms with Gasteiger partial charge in [-0.15, -0.1) is 0 Å². The second kappa shape index (κ2) is 2.51. The molecule has 1 aliphatic heterocycles. The number of hydrogen-bond acceptors (Lipinski definition) is 1. The van der Waals surface area contributed by atoms with Crippen LogP contribution >= 0.6 is 10.0 Å². The summed E-state index contributed by atoms with van der Waals surface area (Å²) in [6.07, 6.45) is 7.36. The minimum Gasteiger partial charge on any atom is -0.328 e. The molecular formula is C7H17NS. The van der Waals surface area contributed by atoms with Crippen molar-refractivity contribution in [3.63, 3.8) is 0 Å². The fourth-order valence-electron chi connectivity index (χ4n) is 1.19. The minimum atomic E-state index is -0.196. The molecule has 1 nitrogen and oxygen atoms in total. The molecule has 0 radical (unpaired) electrons. The van der Waals surface area contributed by atoms with Crippen molar-refractivity contribution in [3.05, 3.63) is 0 Å². The van der Waals surface area contributed by atoms with Crippen LogP contribution in [0.15, 0.2) is 0 Å². The summed E-state index contributed by atoms with van der Waals surface area (Å²) < 4.78 is 0. The molecule has 1 heterocycles. The highest BCUT2D eigenvalue weighted by Gasteiger charge is 2.19. The standard InChI is InChI=1S/C7H17NS/c1-9(2)5-3-7(8)4-6-9/h7H,3-6,8H2,1-2H3. The van der Waals surface area contributed by atoms with Gasteiger partial charge < -0.3 is 5.73 Å². The quantitative estimate of drug-likeness (QED) is 0.547. The summed E-state index contributed by atoms with van der Waals surface area (Å²) in [6.45, 7) is 0. The maximum Gasteiger partial charge on any atom is 0.00534 e. The molecular weight excluding hydrogens is 130 g/mol. The molecule has 9 heavy (non-hydrogen) atoms. The Bertz CT molecular complexity index is 91.1. The van der Waals surface area contributed by atoms with Crippen LogP contribution < -0.4 is 5.73 Å². The van der Waals surface area contributed by atoms with E-state index in [1.165, 1.54) is 24.3 Å². The first-order valence-electron chi connectivity index (χ1n) is 3.54. The van der Waals surface area contributed by atoms with Gasteiger partial charge in [0.2, 0.25) is 0 Å². The van der Waals surface area contributed by atoms with Gasteiger partial charge in [-0.05, 0) is 36.9 Å². The molecule has 0 saturated carbocycles. The first kappa shape index (κ1) is 7.42. The highest BCUT2D eigenvalue weighted by Crippen LogP contribution is 2.44. The predicted octanol–water partition coefficient (Wildman–Crippen LogP) is 1.17. The van der Waals surface area contributed by atoms with E-state index < -0.39 is 0 Å². The molecule has 0 atom stereocenters. The normalized spacial score (nSPS) is 31.9. The van der Waals surface area contributed by atoms with Crippen LogP contribution in [0.3, 0.4) is 0 Å². The zero-order valence-corrected chi connectivity index (χ0v) is 7.21. The summed E-state index contributed by atoms with van der Waals surface area (Å²) in [5, 5.41) is 0. The van der Waals surface area contributed by atoms with Crippen LogP contribution in [0, 0.1) is 0 Å². The van der Waals surface area contributed by atoms with Crippen LogP contribution in [-0.2, 0) is 0 Å². The summed E-state index contributed by atoms with van der Waals surface area (Å²) in [6, 6.07) is 0.519. The van der Waals surface area contributed by atoms with E-state index in [4.69, 9.17) is 5.73 Å². The smallest absolute Gasteiger partial charge is 0.00534 e. The SMILES string of the molecule is CS1(C)CCC(N)CC1. The largest absolute Gasteiger partial charge is 0.328 e.